The largest absolute Gasteiger partial charge is 0.480 e. The van der Waals surface area contributed by atoms with E-state index in [2.05, 4.69) is 5.32 Å². The van der Waals surface area contributed by atoms with Crippen LogP contribution in [0.3, 0.4) is 0 Å². The molecule has 0 aromatic carbocycles. The van der Waals surface area contributed by atoms with Gasteiger partial charge in [-0.05, 0) is 19.3 Å². The molecule has 2 N–H and O–H groups in total. The predicted molar refractivity (Wildman–Crippen MR) is 65.1 cm³/mol. The van der Waals surface area contributed by atoms with Crippen LogP contribution in [0.2, 0.25) is 0 Å². The van der Waals surface area contributed by atoms with Crippen LogP contribution in [0.1, 0.15) is 19.3 Å². The number of hydrogen-bond donors (Lipinski definition) is 2. The Hall–Kier alpha value is -0.850. The lowest BCUT2D eigenvalue weighted by molar-refractivity contribution is -0.136. The summed E-state index contributed by atoms with van der Waals surface area (Å²) in [5, 5.41) is 11.2. The first kappa shape index (κ1) is 13.1. The van der Waals surface area contributed by atoms with E-state index in [1.165, 1.54) is 11.8 Å². The average Bonchev–Trinajstić information content (AvgIpc) is 2.81. The van der Waals surface area contributed by atoms with Gasteiger partial charge in [-0.3, -0.25) is 9.59 Å². The van der Waals surface area contributed by atoms with Gasteiger partial charge in [0.15, 0.2) is 0 Å². The maximum atomic E-state index is 13.0. The summed E-state index contributed by atoms with van der Waals surface area (Å²) < 4.78 is 26.0. The molecule has 2 saturated carbocycles. The molecule has 0 spiro atoms. The van der Waals surface area contributed by atoms with Crippen LogP contribution in [0, 0.1) is 17.8 Å². The number of carbonyl (C=O) groups is 2. The van der Waals surface area contributed by atoms with Gasteiger partial charge in [-0.2, -0.15) is 0 Å². The van der Waals surface area contributed by atoms with Gasteiger partial charge in [-0.25, -0.2) is 8.78 Å². The second-order valence-corrected chi connectivity index (χ2v) is 6.89. The molecule has 0 aromatic rings. The molecule has 1 aliphatic heterocycles. The van der Waals surface area contributed by atoms with Crippen LogP contribution in [-0.2, 0) is 9.59 Å². The summed E-state index contributed by atoms with van der Waals surface area (Å²) >= 11 is 1.32. The van der Waals surface area contributed by atoms with Crippen molar-refractivity contribution in [2.75, 3.05) is 5.75 Å². The Morgan fingerprint density at radius 3 is 2.37 bits per heavy atom. The molecule has 1 heterocycles. The van der Waals surface area contributed by atoms with Crippen LogP contribution in [0.15, 0.2) is 0 Å². The van der Waals surface area contributed by atoms with Crippen LogP contribution in [0.25, 0.3) is 0 Å². The van der Waals surface area contributed by atoms with Gasteiger partial charge in [0, 0.05) is 29.5 Å². The van der Waals surface area contributed by atoms with Crippen molar-refractivity contribution >= 4 is 23.6 Å². The topological polar surface area (TPSA) is 66.4 Å². The highest BCUT2D eigenvalue weighted by Gasteiger charge is 2.72. The summed E-state index contributed by atoms with van der Waals surface area (Å²) in [5.74, 6) is -4.53. The fourth-order valence-corrected chi connectivity index (χ4v) is 4.44. The number of thioether (sulfide) groups is 1. The molecule has 1 amide bonds. The monoisotopic (exact) mass is 291 g/mol. The normalized spacial score (nSPS) is 42.7. The van der Waals surface area contributed by atoms with E-state index >= 15 is 0 Å². The number of carboxylic acid groups (broad SMARTS) is 1. The van der Waals surface area contributed by atoms with Gasteiger partial charge in [0.25, 0.3) is 5.92 Å². The first-order valence-electron chi connectivity index (χ1n) is 6.42. The molecule has 3 aliphatic rings. The zero-order valence-corrected chi connectivity index (χ0v) is 11.0. The van der Waals surface area contributed by atoms with Crippen LogP contribution in [-0.4, -0.2) is 40.0 Å². The number of rotatable bonds is 3. The fraction of sp³-hybridized carbons (Fsp3) is 0.833. The number of aliphatic carboxylic acids is 1. The summed E-state index contributed by atoms with van der Waals surface area (Å²) in [7, 11) is 0. The molecule has 3 fully saturated rings. The molecule has 5 atom stereocenters. The van der Waals surface area contributed by atoms with Gasteiger partial charge in [0.2, 0.25) is 5.91 Å². The van der Waals surface area contributed by atoms with Crippen LogP contribution < -0.4 is 5.32 Å². The fourth-order valence-electron chi connectivity index (χ4n) is 3.25. The molecule has 1 saturated heterocycles. The van der Waals surface area contributed by atoms with Crippen molar-refractivity contribution in [3.05, 3.63) is 0 Å². The van der Waals surface area contributed by atoms with Gasteiger partial charge in [0.05, 0.1) is 0 Å². The summed E-state index contributed by atoms with van der Waals surface area (Å²) in [6.45, 7) is 0. The lowest BCUT2D eigenvalue weighted by Crippen LogP contribution is -2.39. The predicted octanol–water partition coefficient (Wildman–Crippen LogP) is 1.35. The molecule has 1 unspecified atom stereocenters. The van der Waals surface area contributed by atoms with Crippen molar-refractivity contribution in [3.8, 4) is 0 Å². The lowest BCUT2D eigenvalue weighted by atomic mass is 10.0. The molecule has 2 aliphatic carbocycles. The number of carbonyl (C=O) groups excluding carboxylic acids is 1. The third-order valence-electron chi connectivity index (χ3n) is 4.43. The van der Waals surface area contributed by atoms with Crippen molar-refractivity contribution in [2.24, 2.45) is 17.8 Å². The first-order valence-corrected chi connectivity index (χ1v) is 7.47. The molecule has 106 valence electrons. The Kier molecular flexibility index (Phi) is 2.99. The van der Waals surface area contributed by atoms with E-state index in [9.17, 15) is 18.4 Å². The zero-order chi connectivity index (χ0) is 13.8. The minimum atomic E-state index is -2.55. The average molecular weight is 291 g/mol. The number of hydrogen-bond acceptors (Lipinski definition) is 3. The van der Waals surface area contributed by atoms with E-state index in [0.717, 1.165) is 0 Å². The number of alkyl halides is 2. The van der Waals surface area contributed by atoms with Gasteiger partial charge in [-0.15, -0.1) is 11.8 Å². The van der Waals surface area contributed by atoms with E-state index in [1.54, 1.807) is 0 Å². The Bertz CT molecular complexity index is 417. The second kappa shape index (κ2) is 4.33. The molecular weight excluding hydrogens is 276 g/mol. The molecule has 3 rings (SSSR count). The minimum Gasteiger partial charge on any atom is -0.480 e. The summed E-state index contributed by atoms with van der Waals surface area (Å²) in [4.78, 5) is 22.7. The van der Waals surface area contributed by atoms with E-state index < -0.39 is 29.0 Å². The highest BCUT2D eigenvalue weighted by Crippen LogP contribution is 2.65. The van der Waals surface area contributed by atoms with Gasteiger partial charge < -0.3 is 10.4 Å². The molecule has 0 bridgehead atoms. The Morgan fingerprint density at radius 1 is 1.21 bits per heavy atom. The Morgan fingerprint density at radius 2 is 1.84 bits per heavy atom. The molecule has 4 nitrogen and oxygen atoms in total. The summed E-state index contributed by atoms with van der Waals surface area (Å²) in [6, 6.07) is -0.143. The van der Waals surface area contributed by atoms with Crippen LogP contribution in [0.4, 0.5) is 8.78 Å². The minimum absolute atomic E-state index is 0.143. The first-order chi connectivity index (χ1) is 8.89. The quantitative estimate of drug-likeness (QED) is 0.824. The van der Waals surface area contributed by atoms with Gasteiger partial charge >= 0.3 is 5.97 Å². The van der Waals surface area contributed by atoms with Crippen molar-refractivity contribution in [1.82, 2.24) is 5.32 Å². The van der Waals surface area contributed by atoms with Crippen molar-refractivity contribution in [2.45, 2.75) is 36.5 Å². The Balaban J connectivity index is 1.47. The van der Waals surface area contributed by atoms with Crippen LogP contribution >= 0.6 is 11.8 Å². The highest BCUT2D eigenvalue weighted by molar-refractivity contribution is 8.00. The van der Waals surface area contributed by atoms with Crippen LogP contribution in [0.5, 0.6) is 0 Å². The van der Waals surface area contributed by atoms with E-state index in [-0.39, 0.29) is 30.7 Å². The SMILES string of the molecule is O=C(N[C@@H]1CS[C@H](C(=O)O)C1)C1C[C@@H]2[C@H](C1)C2(F)F. The molecule has 0 radical (unpaired) electrons. The third kappa shape index (κ3) is 2.22. The summed E-state index contributed by atoms with van der Waals surface area (Å²) in [6.07, 6.45) is 0.957. The van der Waals surface area contributed by atoms with E-state index in [0.29, 0.717) is 12.2 Å². The summed E-state index contributed by atoms with van der Waals surface area (Å²) in [5.41, 5.74) is 0. The maximum absolute atomic E-state index is 13.0. The van der Waals surface area contributed by atoms with E-state index in [1.807, 2.05) is 0 Å². The molecular formula is C12H15F2NO3S. The van der Waals surface area contributed by atoms with Gasteiger partial charge in [-0.1, -0.05) is 0 Å². The number of amides is 1. The lowest BCUT2D eigenvalue weighted by Gasteiger charge is -2.17. The highest BCUT2D eigenvalue weighted by atomic mass is 32.2. The van der Waals surface area contributed by atoms with Gasteiger partial charge in [0.1, 0.15) is 5.25 Å². The molecule has 19 heavy (non-hydrogen) atoms. The maximum Gasteiger partial charge on any atom is 0.316 e. The number of carboxylic acids is 1. The molecule has 7 heteroatoms. The zero-order valence-electron chi connectivity index (χ0n) is 10.1. The third-order valence-corrected chi connectivity index (χ3v) is 5.82. The van der Waals surface area contributed by atoms with Crippen molar-refractivity contribution in [3.63, 3.8) is 0 Å². The smallest absolute Gasteiger partial charge is 0.316 e. The number of halogens is 2. The van der Waals surface area contributed by atoms with E-state index in [4.69, 9.17) is 5.11 Å². The Labute approximate surface area is 113 Å². The number of fused-ring (bicyclic) bond motifs is 1. The number of nitrogens with one attached hydrogen (secondary N) is 1. The second-order valence-electron chi connectivity index (χ2n) is 5.66. The van der Waals surface area contributed by atoms with Crippen molar-refractivity contribution in [1.29, 1.82) is 0 Å². The van der Waals surface area contributed by atoms with Crippen molar-refractivity contribution < 1.29 is 23.5 Å². The molecule has 0 aromatic heterocycles. The standard InChI is InChI=1S/C12H15F2NO3S/c13-12(14)7-1-5(2-8(7)12)10(16)15-6-3-9(11(17)18)19-4-6/h5-9H,1-4H2,(H,15,16)(H,17,18)/t5?,6-,7-,8+,9-/m0/s1.